The molecule has 130 valence electrons. The van der Waals surface area contributed by atoms with Gasteiger partial charge in [-0.05, 0) is 10.1 Å². The van der Waals surface area contributed by atoms with Crippen molar-refractivity contribution in [2.45, 2.75) is 103 Å². The molecule has 0 radical (unpaired) electrons. The predicted molar refractivity (Wildman–Crippen MR) is 109 cm³/mol. The molecule has 0 N–H and O–H groups in total. The molecule has 2 atom stereocenters. The van der Waals surface area contributed by atoms with Crippen LogP contribution in [0.1, 0.15) is 82.1 Å². The van der Waals surface area contributed by atoms with Crippen LogP contribution in [0.5, 0.6) is 0 Å². The lowest BCUT2D eigenvalue weighted by Gasteiger charge is -2.38. The Morgan fingerprint density at radius 2 is 1.05 bits per heavy atom. The lowest BCUT2D eigenvalue weighted by atomic mass is 10.2. The van der Waals surface area contributed by atoms with Crippen molar-refractivity contribution in [1.29, 1.82) is 0 Å². The zero-order valence-corrected chi connectivity index (χ0v) is 20.2. The largest absolute Gasteiger partial charge is 0.346 e. The van der Waals surface area contributed by atoms with Gasteiger partial charge in [-0.1, -0.05) is 93.2 Å². The first-order valence-corrected chi connectivity index (χ1v) is 15.1. The summed E-state index contributed by atoms with van der Waals surface area (Å²) >= 11 is 17.0. The molecule has 0 aromatic rings. The molecule has 0 heterocycles. The Morgan fingerprint density at radius 1 is 0.810 bits per heavy atom. The van der Waals surface area contributed by atoms with Crippen molar-refractivity contribution in [3.63, 3.8) is 0 Å². The lowest BCUT2D eigenvalue weighted by molar-refractivity contribution is 0.654. The van der Waals surface area contributed by atoms with Crippen LogP contribution in [0.2, 0.25) is 21.2 Å². The van der Waals surface area contributed by atoms with Crippen molar-refractivity contribution in [1.82, 2.24) is 0 Å². The summed E-state index contributed by atoms with van der Waals surface area (Å²) in [4.78, 5) is 0. The van der Waals surface area contributed by atoms with Crippen LogP contribution in [0, 0.1) is 0 Å². The van der Waals surface area contributed by atoms with Crippen LogP contribution in [-0.4, -0.2) is 14.8 Å². The van der Waals surface area contributed by atoms with Gasteiger partial charge in [0.15, 0.2) is 0 Å². The summed E-state index contributed by atoms with van der Waals surface area (Å²) in [6.07, 6.45) is 2.75. The molecule has 5 heteroatoms. The topological polar surface area (TPSA) is 0 Å². The Labute approximate surface area is 151 Å². The minimum absolute atomic E-state index is 0.127. The van der Waals surface area contributed by atoms with Crippen LogP contribution in [0.15, 0.2) is 0 Å². The molecule has 2 unspecified atom stereocenters. The van der Waals surface area contributed by atoms with E-state index < -0.39 is 14.8 Å². The Bertz CT molecular complexity index is 253. The van der Waals surface area contributed by atoms with Gasteiger partial charge in [-0.15, -0.1) is 33.2 Å². The fraction of sp³-hybridized carbons (Fsp3) is 1.00. The molecule has 0 amide bonds. The Kier molecular flexibility index (Phi) is 11.2. The minimum atomic E-state index is -2.44. The maximum Gasteiger partial charge on any atom is 0.346 e. The summed E-state index contributed by atoms with van der Waals surface area (Å²) in [6, 6.07) is -2.44. The van der Waals surface area contributed by atoms with Gasteiger partial charge in [0.1, 0.15) is 0 Å². The molecular weight excluding hydrogens is 355 g/mol. The second-order valence-corrected chi connectivity index (χ2v) is 22.8. The molecular formula is C16H37Cl3Si2. The summed E-state index contributed by atoms with van der Waals surface area (Å²) in [5.41, 5.74) is 1.99. The van der Waals surface area contributed by atoms with E-state index >= 15 is 0 Å². The number of hydrogen-bond donors (Lipinski definition) is 0. The highest BCUT2D eigenvalue weighted by Gasteiger charge is 2.40. The van der Waals surface area contributed by atoms with Gasteiger partial charge in [0.25, 0.3) is 0 Å². The van der Waals surface area contributed by atoms with Gasteiger partial charge in [0.2, 0.25) is 0 Å². The second kappa shape index (κ2) is 9.56. The molecule has 0 aromatic heterocycles. The third-order valence-corrected chi connectivity index (χ3v) is 16.6. The highest BCUT2D eigenvalue weighted by molar-refractivity contribution is 7.65. The molecule has 0 aliphatic carbocycles. The van der Waals surface area contributed by atoms with Crippen molar-refractivity contribution in [3.8, 4) is 0 Å². The van der Waals surface area contributed by atoms with E-state index in [1.807, 2.05) is 20.8 Å². The Balaban J connectivity index is 0. The fourth-order valence-corrected chi connectivity index (χ4v) is 8.33. The van der Waals surface area contributed by atoms with E-state index in [4.69, 9.17) is 33.2 Å². The first-order chi connectivity index (χ1) is 9.09. The van der Waals surface area contributed by atoms with E-state index in [2.05, 4.69) is 48.5 Å². The molecule has 0 aromatic carbocycles. The molecule has 0 bridgehead atoms. The van der Waals surface area contributed by atoms with E-state index in [1.165, 1.54) is 12.8 Å². The van der Waals surface area contributed by atoms with Gasteiger partial charge >= 0.3 is 6.00 Å². The van der Waals surface area contributed by atoms with Crippen LogP contribution in [-0.2, 0) is 0 Å². The normalized spacial score (nSPS) is 17.6. The average Bonchev–Trinajstić information content (AvgIpc) is 2.24. The van der Waals surface area contributed by atoms with Crippen LogP contribution in [0.4, 0.5) is 0 Å². The summed E-state index contributed by atoms with van der Waals surface area (Å²) < 4.78 is 0. The molecule has 0 aliphatic rings. The summed E-state index contributed by atoms with van der Waals surface area (Å²) in [6.45, 7) is 22.8. The first-order valence-electron chi connectivity index (χ1n) is 8.16. The van der Waals surface area contributed by atoms with Crippen molar-refractivity contribution < 1.29 is 0 Å². The van der Waals surface area contributed by atoms with E-state index in [9.17, 15) is 0 Å². The molecule has 0 spiro atoms. The van der Waals surface area contributed by atoms with Gasteiger partial charge in [0.05, 0.1) is 0 Å². The molecule has 21 heavy (non-hydrogen) atoms. The number of hydrogen-bond acceptors (Lipinski definition) is 0. The molecule has 0 saturated carbocycles. The maximum atomic E-state index is 5.68. The van der Waals surface area contributed by atoms with Crippen molar-refractivity contribution in [2.24, 2.45) is 0 Å². The number of halogens is 3. The van der Waals surface area contributed by atoms with Gasteiger partial charge < -0.3 is 0 Å². The molecule has 0 nitrogen and oxygen atoms in total. The maximum absolute atomic E-state index is 5.68. The number of rotatable bonds is 4. The molecule has 0 saturated heterocycles. The van der Waals surface area contributed by atoms with E-state index in [0.29, 0.717) is 5.04 Å². The van der Waals surface area contributed by atoms with Crippen LogP contribution >= 0.6 is 33.2 Å². The zero-order chi connectivity index (χ0) is 17.6. The van der Waals surface area contributed by atoms with E-state index in [0.717, 1.165) is 11.1 Å². The van der Waals surface area contributed by atoms with E-state index in [-0.39, 0.29) is 5.04 Å². The van der Waals surface area contributed by atoms with Crippen molar-refractivity contribution in [3.05, 3.63) is 0 Å². The highest BCUT2D eigenvalue weighted by Crippen LogP contribution is 2.44. The monoisotopic (exact) mass is 390 g/mol. The third kappa shape index (κ3) is 9.91. The summed E-state index contributed by atoms with van der Waals surface area (Å²) in [5.74, 6) is 0. The Morgan fingerprint density at radius 3 is 1.14 bits per heavy atom. The third-order valence-electron chi connectivity index (χ3n) is 4.36. The summed E-state index contributed by atoms with van der Waals surface area (Å²) in [5, 5.41) is 0.475. The molecule has 0 fully saturated rings. The Hall–Kier alpha value is 1.30. The SMILES string of the molecule is CC(C)(C)[Si](Cl)(Cl)Cl.CCC(C)[SiH](C(C)CC)C(C)(C)C. The van der Waals surface area contributed by atoms with E-state index in [1.54, 1.807) is 0 Å². The van der Waals surface area contributed by atoms with Crippen LogP contribution in [0.3, 0.4) is 0 Å². The second-order valence-electron chi connectivity index (χ2n) is 8.41. The van der Waals surface area contributed by atoms with Crippen LogP contribution in [0.25, 0.3) is 0 Å². The minimum Gasteiger partial charge on any atom is -0.125 e. The quantitative estimate of drug-likeness (QED) is 0.335. The summed E-state index contributed by atoms with van der Waals surface area (Å²) in [7, 11) is -0.610. The van der Waals surface area contributed by atoms with Gasteiger partial charge in [-0.2, -0.15) is 0 Å². The highest BCUT2D eigenvalue weighted by atomic mass is 35.8. The molecule has 0 rings (SSSR count). The standard InChI is InChI=1S/C12H28Si.C4H9Cl3Si/c1-8-10(3)13(11(4)9-2)12(5,6)7;1-4(2,3)8(5,6)7/h10-11,13H,8-9H2,1-7H3;1-3H3. The van der Waals surface area contributed by atoms with Gasteiger partial charge in [-0.25, -0.2) is 0 Å². The van der Waals surface area contributed by atoms with Gasteiger partial charge in [0, 0.05) is 8.80 Å². The van der Waals surface area contributed by atoms with Crippen LogP contribution < -0.4 is 0 Å². The predicted octanol–water partition coefficient (Wildman–Crippen LogP) is 8.06. The average molecular weight is 392 g/mol. The smallest absolute Gasteiger partial charge is 0.125 e. The van der Waals surface area contributed by atoms with Crippen molar-refractivity contribution in [2.75, 3.05) is 0 Å². The fourth-order valence-electron chi connectivity index (χ4n) is 2.78. The van der Waals surface area contributed by atoms with Crippen molar-refractivity contribution >= 4 is 48.0 Å². The lowest BCUT2D eigenvalue weighted by Crippen LogP contribution is -2.33. The molecule has 0 aliphatic heterocycles. The van der Waals surface area contributed by atoms with Gasteiger partial charge in [-0.3, -0.25) is 0 Å². The first kappa shape index (κ1) is 24.6. The zero-order valence-electron chi connectivity index (χ0n) is 15.8.